The molecule has 5 rings (SSSR count). The lowest BCUT2D eigenvalue weighted by Gasteiger charge is -2.20. The maximum atomic E-state index is 5.70. The minimum Gasteiger partial charge on any atom is -0.378 e. The molecular formula is C30H31N5O2. The van der Waals surface area contributed by atoms with Crippen molar-refractivity contribution in [2.24, 2.45) is 10.7 Å². The second kappa shape index (κ2) is 12.3. The van der Waals surface area contributed by atoms with Crippen LogP contribution < -0.4 is 16.4 Å². The van der Waals surface area contributed by atoms with Crippen LogP contribution in [0.3, 0.4) is 0 Å². The van der Waals surface area contributed by atoms with Gasteiger partial charge in [-0.05, 0) is 48.5 Å². The Hall–Kier alpha value is -4.04. The van der Waals surface area contributed by atoms with Gasteiger partial charge in [-0.2, -0.15) is 0 Å². The summed E-state index contributed by atoms with van der Waals surface area (Å²) in [6.07, 6.45) is 0. The van der Waals surface area contributed by atoms with Gasteiger partial charge in [-0.15, -0.1) is 0 Å². The molecule has 0 fully saturated rings. The number of rotatable bonds is 11. The van der Waals surface area contributed by atoms with Crippen LogP contribution >= 0.6 is 0 Å². The van der Waals surface area contributed by atoms with E-state index in [0.29, 0.717) is 39.5 Å². The number of aromatic nitrogens is 2. The van der Waals surface area contributed by atoms with Crippen molar-refractivity contribution in [1.82, 2.24) is 9.55 Å². The summed E-state index contributed by atoms with van der Waals surface area (Å²) < 4.78 is 13.3. The van der Waals surface area contributed by atoms with E-state index in [0.717, 1.165) is 44.8 Å². The van der Waals surface area contributed by atoms with Gasteiger partial charge in [0.15, 0.2) is 0 Å². The van der Waals surface area contributed by atoms with Gasteiger partial charge in [0.1, 0.15) is 0 Å². The molecule has 0 aromatic heterocycles. The molecule has 1 aliphatic heterocycles. The highest BCUT2D eigenvalue weighted by molar-refractivity contribution is 5.84. The van der Waals surface area contributed by atoms with E-state index in [9.17, 15) is 0 Å². The molecule has 0 bridgehead atoms. The summed E-state index contributed by atoms with van der Waals surface area (Å²) in [7, 11) is 0. The molecule has 0 radical (unpaired) electrons. The first-order valence-corrected chi connectivity index (χ1v) is 12.5. The highest BCUT2D eigenvalue weighted by Crippen LogP contribution is 2.30. The van der Waals surface area contributed by atoms with Crippen LogP contribution in [-0.4, -0.2) is 49.1 Å². The van der Waals surface area contributed by atoms with E-state index >= 15 is 0 Å². The average molecular weight is 494 g/mol. The van der Waals surface area contributed by atoms with Crippen molar-refractivity contribution in [2.75, 3.05) is 44.8 Å². The fourth-order valence-electron chi connectivity index (χ4n) is 4.24. The topological polar surface area (TPSA) is 86.7 Å². The van der Waals surface area contributed by atoms with E-state index in [1.807, 2.05) is 54.6 Å². The Morgan fingerprint density at radius 3 is 2.27 bits per heavy atom. The third-order valence-corrected chi connectivity index (χ3v) is 5.92. The third-order valence-electron chi connectivity index (χ3n) is 5.92. The van der Waals surface area contributed by atoms with E-state index in [4.69, 9.17) is 25.2 Å². The summed E-state index contributed by atoms with van der Waals surface area (Å²) in [5, 5.41) is 4.38. The van der Waals surface area contributed by atoms with Crippen molar-refractivity contribution < 1.29 is 9.47 Å². The molecule has 1 heterocycles. The highest BCUT2D eigenvalue weighted by Gasteiger charge is 2.16. The van der Waals surface area contributed by atoms with Crippen LogP contribution in [0.5, 0.6) is 0 Å². The first-order valence-electron chi connectivity index (χ1n) is 12.5. The molecule has 7 heteroatoms. The van der Waals surface area contributed by atoms with Gasteiger partial charge in [-0.1, -0.05) is 48.5 Å². The third kappa shape index (κ3) is 6.03. The molecule has 0 atom stereocenters. The second-order valence-electron chi connectivity index (χ2n) is 8.52. The van der Waals surface area contributed by atoms with E-state index in [1.54, 1.807) is 0 Å². The summed E-state index contributed by atoms with van der Waals surface area (Å²) in [6.45, 7) is 3.14. The molecule has 7 nitrogen and oxygen atoms in total. The Morgan fingerprint density at radius 1 is 0.784 bits per heavy atom. The SMILES string of the molecule is NCCOCCOCCN=c1cc2n(-c3ccccc3)c3ccccc3nc-2cc1Nc1ccccc1. The van der Waals surface area contributed by atoms with Crippen molar-refractivity contribution in [1.29, 1.82) is 0 Å². The number of nitrogens with zero attached hydrogens (tertiary/aromatic N) is 3. The Balaban J connectivity index is 1.57. The normalized spacial score (nSPS) is 11.9. The van der Waals surface area contributed by atoms with Gasteiger partial charge in [0.05, 0.1) is 66.4 Å². The van der Waals surface area contributed by atoms with E-state index in [-0.39, 0.29) is 0 Å². The number of hydrogen-bond acceptors (Lipinski definition) is 6. The van der Waals surface area contributed by atoms with Gasteiger partial charge in [-0.3, -0.25) is 4.99 Å². The molecule has 3 aromatic rings. The maximum absolute atomic E-state index is 5.70. The lowest BCUT2D eigenvalue weighted by Crippen LogP contribution is -2.16. The fraction of sp³-hybridized carbons (Fsp3) is 0.200. The van der Waals surface area contributed by atoms with Gasteiger partial charge in [-0.25, -0.2) is 4.98 Å². The zero-order valence-corrected chi connectivity index (χ0v) is 20.7. The summed E-state index contributed by atoms with van der Waals surface area (Å²) >= 11 is 0. The van der Waals surface area contributed by atoms with E-state index in [1.165, 1.54) is 0 Å². The molecule has 1 aliphatic carbocycles. The molecule has 3 aromatic carbocycles. The number of benzene rings is 4. The van der Waals surface area contributed by atoms with E-state index < -0.39 is 0 Å². The van der Waals surface area contributed by atoms with Gasteiger partial charge in [0.25, 0.3) is 0 Å². The number of ether oxygens (including phenoxy) is 2. The smallest absolute Gasteiger partial charge is 0.0900 e. The Kier molecular flexibility index (Phi) is 8.18. The number of fused-ring (bicyclic) bond motifs is 2. The number of para-hydroxylation sites is 4. The van der Waals surface area contributed by atoms with Crippen molar-refractivity contribution in [3.63, 3.8) is 0 Å². The van der Waals surface area contributed by atoms with Crippen LogP contribution in [-0.2, 0) is 9.47 Å². The monoisotopic (exact) mass is 493 g/mol. The fourth-order valence-corrected chi connectivity index (χ4v) is 4.24. The Bertz CT molecular complexity index is 1470. The molecule has 188 valence electrons. The maximum Gasteiger partial charge on any atom is 0.0900 e. The van der Waals surface area contributed by atoms with Crippen molar-refractivity contribution in [3.05, 3.63) is 102 Å². The Morgan fingerprint density at radius 2 is 1.49 bits per heavy atom. The van der Waals surface area contributed by atoms with Crippen LogP contribution in [0.1, 0.15) is 0 Å². The molecule has 37 heavy (non-hydrogen) atoms. The molecule has 0 saturated carbocycles. The van der Waals surface area contributed by atoms with Gasteiger partial charge in [0.2, 0.25) is 0 Å². The summed E-state index contributed by atoms with van der Waals surface area (Å²) in [4.78, 5) is 9.91. The molecule has 0 spiro atoms. The quantitative estimate of drug-likeness (QED) is 0.205. The summed E-state index contributed by atoms with van der Waals surface area (Å²) in [5.74, 6) is 0. The summed E-state index contributed by atoms with van der Waals surface area (Å²) in [5.41, 5.74) is 12.2. The first kappa shape index (κ1) is 24.6. The molecule has 0 amide bonds. The van der Waals surface area contributed by atoms with Crippen molar-refractivity contribution >= 4 is 22.4 Å². The minimum atomic E-state index is 0.503. The standard InChI is InChI=1S/C30H31N5O2/c31-15-17-36-19-20-37-18-16-32-26-22-30-28(21-27(26)33-23-9-3-1-4-10-23)34-25-13-7-8-14-29(25)35(30)24-11-5-2-6-12-24/h1-14,21-22,33H,15-20,31H2. The lowest BCUT2D eigenvalue weighted by atomic mass is 10.1. The van der Waals surface area contributed by atoms with Crippen molar-refractivity contribution in [3.8, 4) is 17.1 Å². The summed E-state index contributed by atoms with van der Waals surface area (Å²) in [6, 6.07) is 32.8. The van der Waals surface area contributed by atoms with Crippen LogP contribution in [0, 0.1) is 0 Å². The molecule has 2 aliphatic rings. The number of nitrogens with two attached hydrogens (primary N) is 1. The zero-order valence-electron chi connectivity index (χ0n) is 20.7. The lowest BCUT2D eigenvalue weighted by molar-refractivity contribution is 0.0538. The predicted molar refractivity (Wildman–Crippen MR) is 149 cm³/mol. The number of nitrogens with one attached hydrogen (secondary N) is 1. The number of hydrogen-bond donors (Lipinski definition) is 2. The van der Waals surface area contributed by atoms with Crippen LogP contribution in [0.15, 0.2) is 102 Å². The van der Waals surface area contributed by atoms with Gasteiger partial charge < -0.3 is 25.1 Å². The largest absolute Gasteiger partial charge is 0.378 e. The van der Waals surface area contributed by atoms with Gasteiger partial charge >= 0.3 is 0 Å². The van der Waals surface area contributed by atoms with Crippen molar-refractivity contribution in [2.45, 2.75) is 0 Å². The van der Waals surface area contributed by atoms with Gasteiger partial charge in [0, 0.05) is 17.9 Å². The molecule has 3 N–H and O–H groups in total. The van der Waals surface area contributed by atoms with Crippen LogP contribution in [0.4, 0.5) is 11.4 Å². The Labute approximate surface area is 216 Å². The predicted octanol–water partition coefficient (Wildman–Crippen LogP) is 4.77. The minimum absolute atomic E-state index is 0.503. The van der Waals surface area contributed by atoms with Crippen LogP contribution in [0.25, 0.3) is 28.1 Å². The second-order valence-corrected chi connectivity index (χ2v) is 8.52. The van der Waals surface area contributed by atoms with E-state index in [2.05, 4.69) is 52.3 Å². The molecular weight excluding hydrogens is 462 g/mol. The highest BCUT2D eigenvalue weighted by atomic mass is 16.5. The number of anilines is 2. The molecule has 0 unspecified atom stereocenters. The first-order chi connectivity index (χ1) is 18.3. The molecule has 0 saturated heterocycles. The zero-order chi connectivity index (χ0) is 25.3. The average Bonchev–Trinajstić information content (AvgIpc) is 2.94. The van der Waals surface area contributed by atoms with Crippen LogP contribution in [0.2, 0.25) is 0 Å².